The lowest BCUT2D eigenvalue weighted by Gasteiger charge is -2.41. The van der Waals surface area contributed by atoms with E-state index in [4.69, 9.17) is 5.73 Å². The van der Waals surface area contributed by atoms with E-state index in [-0.39, 0.29) is 17.8 Å². The number of nitrogens with two attached hydrogens (primary N) is 1. The van der Waals surface area contributed by atoms with Crippen LogP contribution in [-0.2, 0) is 10.2 Å². The topological polar surface area (TPSA) is 74.8 Å². The molecule has 0 aliphatic carbocycles. The SMILES string of the molecule is NCCCCN1N=C(c2ccc(N3C=CCC3)cc2)C[C@](c2cccc3ncccc23)(C(F)(F)F)C1=O. The molecule has 3 aromatic rings. The number of carbonyl (C=O) groups excluding carboxylic acids is 1. The largest absolute Gasteiger partial charge is 0.407 e. The number of nitrogens with zero attached hydrogens (tertiary/aromatic N) is 4. The zero-order valence-corrected chi connectivity index (χ0v) is 20.3. The van der Waals surface area contributed by atoms with Gasteiger partial charge in [-0.1, -0.05) is 36.4 Å². The van der Waals surface area contributed by atoms with E-state index in [1.165, 1.54) is 18.3 Å². The van der Waals surface area contributed by atoms with Gasteiger partial charge in [-0.15, -0.1) is 0 Å². The molecule has 2 aromatic carbocycles. The van der Waals surface area contributed by atoms with Gasteiger partial charge in [0.25, 0.3) is 5.91 Å². The van der Waals surface area contributed by atoms with Crippen LogP contribution in [0.4, 0.5) is 18.9 Å². The normalized spacial score (nSPS) is 20.1. The highest BCUT2D eigenvalue weighted by Gasteiger charge is 2.65. The lowest BCUT2D eigenvalue weighted by atomic mass is 9.71. The number of hydrogen-bond donors (Lipinski definition) is 1. The molecule has 1 aromatic heterocycles. The zero-order chi connectivity index (χ0) is 26.0. The van der Waals surface area contributed by atoms with Gasteiger partial charge in [-0.3, -0.25) is 9.78 Å². The third-order valence-corrected chi connectivity index (χ3v) is 7.04. The van der Waals surface area contributed by atoms with Gasteiger partial charge in [0, 0.05) is 43.0 Å². The summed E-state index contributed by atoms with van der Waals surface area (Å²) >= 11 is 0. The van der Waals surface area contributed by atoms with Crippen molar-refractivity contribution >= 4 is 28.2 Å². The van der Waals surface area contributed by atoms with Gasteiger partial charge in [-0.25, -0.2) is 5.01 Å². The Balaban J connectivity index is 1.64. The summed E-state index contributed by atoms with van der Waals surface area (Å²) in [7, 11) is 0. The number of alkyl halides is 3. The van der Waals surface area contributed by atoms with Gasteiger partial charge >= 0.3 is 6.18 Å². The molecule has 2 aliphatic rings. The van der Waals surface area contributed by atoms with Crippen LogP contribution in [0.1, 0.15) is 36.8 Å². The second kappa shape index (κ2) is 9.97. The Bertz CT molecular complexity index is 1350. The van der Waals surface area contributed by atoms with Gasteiger partial charge in [0.05, 0.1) is 11.2 Å². The predicted molar refractivity (Wildman–Crippen MR) is 138 cm³/mol. The number of amides is 1. The molecule has 0 bridgehead atoms. The maximum absolute atomic E-state index is 15.2. The Labute approximate surface area is 213 Å². The standard InChI is InChI=1S/C28H28F3N5O/c29-28(30,31)27(23-8-5-9-24-22(23)7-6-15-33-24)19-25(34-36(26(27)37)18-2-1-14-32)20-10-12-21(13-11-20)35-16-3-4-17-35/h3,5-13,15-16H,1-2,4,14,17-19,32H2/t27-/m1/s1. The molecule has 1 amide bonds. The van der Waals surface area contributed by atoms with Crippen molar-refractivity contribution in [3.63, 3.8) is 0 Å². The Morgan fingerprint density at radius 1 is 1.03 bits per heavy atom. The maximum Gasteiger partial charge on any atom is 0.407 e. The molecule has 2 aliphatic heterocycles. The number of benzene rings is 2. The van der Waals surface area contributed by atoms with Gasteiger partial charge in [0.15, 0.2) is 5.41 Å². The Morgan fingerprint density at radius 2 is 1.84 bits per heavy atom. The lowest BCUT2D eigenvalue weighted by Crippen LogP contribution is -2.58. The van der Waals surface area contributed by atoms with E-state index >= 15 is 13.2 Å². The number of anilines is 1. The third kappa shape index (κ3) is 4.48. The van der Waals surface area contributed by atoms with Gasteiger partial charge in [-0.2, -0.15) is 18.3 Å². The van der Waals surface area contributed by atoms with Crippen molar-refractivity contribution in [2.45, 2.75) is 37.3 Å². The van der Waals surface area contributed by atoms with Gasteiger partial charge in [0.2, 0.25) is 0 Å². The van der Waals surface area contributed by atoms with Crippen molar-refractivity contribution < 1.29 is 18.0 Å². The summed E-state index contributed by atoms with van der Waals surface area (Å²) in [5, 5.41) is 5.76. The predicted octanol–water partition coefficient (Wildman–Crippen LogP) is 5.13. The molecule has 5 rings (SSSR count). The fourth-order valence-electron chi connectivity index (χ4n) is 5.10. The Kier molecular flexibility index (Phi) is 6.72. The highest BCUT2D eigenvalue weighted by molar-refractivity contribution is 6.09. The van der Waals surface area contributed by atoms with E-state index in [1.807, 2.05) is 18.3 Å². The number of hydrogen-bond acceptors (Lipinski definition) is 5. The van der Waals surface area contributed by atoms with Crippen LogP contribution >= 0.6 is 0 Å². The second-order valence-electron chi connectivity index (χ2n) is 9.34. The van der Waals surface area contributed by atoms with Crippen LogP contribution in [0.15, 0.2) is 78.2 Å². The Hall–Kier alpha value is -3.72. The summed E-state index contributed by atoms with van der Waals surface area (Å²) in [5.41, 5.74) is 4.82. The molecular weight excluding hydrogens is 479 g/mol. The van der Waals surface area contributed by atoms with Crippen LogP contribution in [-0.4, -0.2) is 47.4 Å². The van der Waals surface area contributed by atoms with Crippen molar-refractivity contribution in [1.29, 1.82) is 0 Å². The Morgan fingerprint density at radius 3 is 2.54 bits per heavy atom. The highest BCUT2D eigenvalue weighted by Crippen LogP contribution is 2.49. The van der Waals surface area contributed by atoms with Crippen molar-refractivity contribution in [2.24, 2.45) is 10.8 Å². The first-order chi connectivity index (χ1) is 17.8. The number of halogens is 3. The number of hydrazone groups is 1. The molecule has 0 radical (unpaired) electrons. The minimum absolute atomic E-state index is 0.0526. The summed E-state index contributed by atoms with van der Waals surface area (Å²) < 4.78 is 45.7. The van der Waals surface area contributed by atoms with E-state index in [2.05, 4.69) is 21.1 Å². The fraction of sp³-hybridized carbons (Fsp3) is 0.321. The molecule has 192 valence electrons. The molecule has 0 fully saturated rings. The molecule has 0 saturated carbocycles. The number of aromatic nitrogens is 1. The minimum atomic E-state index is -4.87. The van der Waals surface area contributed by atoms with Crippen LogP contribution in [0.2, 0.25) is 0 Å². The van der Waals surface area contributed by atoms with Crippen LogP contribution in [0.5, 0.6) is 0 Å². The van der Waals surface area contributed by atoms with Crippen molar-refractivity contribution in [3.05, 3.63) is 84.2 Å². The van der Waals surface area contributed by atoms with Crippen molar-refractivity contribution in [2.75, 3.05) is 24.5 Å². The van der Waals surface area contributed by atoms with Crippen LogP contribution in [0.3, 0.4) is 0 Å². The smallest absolute Gasteiger partial charge is 0.348 e. The maximum atomic E-state index is 15.2. The average Bonchev–Trinajstić information content (AvgIpc) is 3.44. The van der Waals surface area contributed by atoms with E-state index in [0.29, 0.717) is 35.9 Å². The molecule has 0 unspecified atom stereocenters. The summed E-state index contributed by atoms with van der Waals surface area (Å²) in [4.78, 5) is 20.1. The molecule has 3 heterocycles. The summed E-state index contributed by atoms with van der Waals surface area (Å²) in [6.07, 6.45) is 2.09. The summed E-state index contributed by atoms with van der Waals surface area (Å²) in [6.45, 7) is 1.29. The van der Waals surface area contributed by atoms with Crippen molar-refractivity contribution in [1.82, 2.24) is 9.99 Å². The molecule has 37 heavy (non-hydrogen) atoms. The van der Waals surface area contributed by atoms with E-state index in [9.17, 15) is 4.79 Å². The van der Waals surface area contributed by atoms with Crippen molar-refractivity contribution in [3.8, 4) is 0 Å². The number of pyridine rings is 1. The number of rotatable bonds is 7. The molecule has 6 nitrogen and oxygen atoms in total. The first kappa shape index (κ1) is 25.0. The number of fused-ring (bicyclic) bond motifs is 1. The van der Waals surface area contributed by atoms with E-state index in [1.54, 1.807) is 30.3 Å². The summed E-state index contributed by atoms with van der Waals surface area (Å²) in [5.74, 6) is -1.07. The highest BCUT2D eigenvalue weighted by atomic mass is 19.4. The number of carbonyl (C=O) groups is 1. The molecular formula is C28H28F3N5O. The molecule has 0 saturated heterocycles. The number of unbranched alkanes of at least 4 members (excludes halogenated alkanes) is 1. The average molecular weight is 508 g/mol. The monoisotopic (exact) mass is 507 g/mol. The molecule has 2 N–H and O–H groups in total. The molecule has 9 heteroatoms. The fourth-order valence-corrected chi connectivity index (χ4v) is 5.10. The van der Waals surface area contributed by atoms with Crippen LogP contribution in [0, 0.1) is 0 Å². The van der Waals surface area contributed by atoms with E-state index in [0.717, 1.165) is 23.7 Å². The van der Waals surface area contributed by atoms with Crippen LogP contribution < -0.4 is 10.6 Å². The second-order valence-corrected chi connectivity index (χ2v) is 9.34. The zero-order valence-electron chi connectivity index (χ0n) is 20.3. The quantitative estimate of drug-likeness (QED) is 0.450. The van der Waals surface area contributed by atoms with Crippen LogP contribution in [0.25, 0.3) is 10.9 Å². The lowest BCUT2D eigenvalue weighted by molar-refractivity contribution is -0.201. The van der Waals surface area contributed by atoms with E-state index < -0.39 is 23.9 Å². The summed E-state index contributed by atoms with van der Waals surface area (Å²) in [6, 6.07) is 15.0. The first-order valence-electron chi connectivity index (χ1n) is 12.4. The minimum Gasteiger partial charge on any atom is -0.348 e. The van der Waals surface area contributed by atoms with Gasteiger partial charge in [0.1, 0.15) is 0 Å². The molecule has 1 atom stereocenters. The third-order valence-electron chi connectivity index (χ3n) is 7.04. The molecule has 0 spiro atoms. The van der Waals surface area contributed by atoms with Gasteiger partial charge < -0.3 is 10.6 Å². The first-order valence-corrected chi connectivity index (χ1v) is 12.4. The van der Waals surface area contributed by atoms with Gasteiger partial charge in [-0.05, 0) is 61.2 Å².